The van der Waals surface area contributed by atoms with Crippen LogP contribution >= 0.6 is 15.9 Å². The third-order valence-corrected chi connectivity index (χ3v) is 3.78. The lowest BCUT2D eigenvalue weighted by atomic mass is 9.92. The number of nitrogens with zero attached hydrogens (tertiary/aromatic N) is 2. The van der Waals surface area contributed by atoms with Gasteiger partial charge < -0.3 is 4.90 Å². The van der Waals surface area contributed by atoms with Crippen molar-refractivity contribution in [3.05, 3.63) is 22.8 Å². The van der Waals surface area contributed by atoms with Crippen molar-refractivity contribution < 1.29 is 0 Å². The lowest BCUT2D eigenvalue weighted by Crippen LogP contribution is -2.34. The third kappa shape index (κ3) is 2.97. The molecule has 0 radical (unpaired) electrons. The van der Waals surface area contributed by atoms with E-state index < -0.39 is 0 Å². The maximum atomic E-state index is 4.51. The number of halogens is 1. The molecule has 1 aromatic rings. The number of rotatable bonds is 3. The van der Waals surface area contributed by atoms with Crippen LogP contribution in [0.4, 0.5) is 5.82 Å². The Morgan fingerprint density at radius 1 is 1.38 bits per heavy atom. The van der Waals surface area contributed by atoms with Gasteiger partial charge in [-0.15, -0.1) is 0 Å². The zero-order valence-electron chi connectivity index (χ0n) is 9.82. The van der Waals surface area contributed by atoms with Gasteiger partial charge in [0.05, 0.1) is 0 Å². The van der Waals surface area contributed by atoms with Crippen LogP contribution in [0.5, 0.6) is 0 Å². The Kier molecular flexibility index (Phi) is 4.22. The number of piperidine rings is 1. The van der Waals surface area contributed by atoms with E-state index in [-0.39, 0.29) is 0 Å². The van der Waals surface area contributed by atoms with Crippen molar-refractivity contribution in [2.45, 2.75) is 32.6 Å². The minimum Gasteiger partial charge on any atom is -0.357 e. The highest BCUT2D eigenvalue weighted by Crippen LogP contribution is 2.25. The molecule has 0 bridgehead atoms. The van der Waals surface area contributed by atoms with Crippen LogP contribution in [0.2, 0.25) is 0 Å². The monoisotopic (exact) mass is 282 g/mol. The van der Waals surface area contributed by atoms with Crippen molar-refractivity contribution in [2.24, 2.45) is 5.92 Å². The van der Waals surface area contributed by atoms with Crippen molar-refractivity contribution in [3.63, 3.8) is 0 Å². The predicted molar refractivity (Wildman–Crippen MR) is 71.8 cm³/mol. The molecule has 1 aliphatic rings. The van der Waals surface area contributed by atoms with Crippen molar-refractivity contribution in [1.29, 1.82) is 0 Å². The summed E-state index contributed by atoms with van der Waals surface area (Å²) in [5.41, 5.74) is 0. The first kappa shape index (κ1) is 11.9. The van der Waals surface area contributed by atoms with Crippen LogP contribution in [0.1, 0.15) is 32.6 Å². The first-order chi connectivity index (χ1) is 7.79. The fourth-order valence-corrected chi connectivity index (χ4v) is 2.77. The Labute approximate surface area is 106 Å². The second-order valence-corrected chi connectivity index (χ2v) is 5.35. The topological polar surface area (TPSA) is 16.1 Å². The average molecular weight is 283 g/mol. The summed E-state index contributed by atoms with van der Waals surface area (Å²) in [4.78, 5) is 6.91. The molecule has 0 N–H and O–H groups in total. The maximum absolute atomic E-state index is 4.51. The number of pyridine rings is 1. The molecule has 1 fully saturated rings. The molecule has 2 rings (SSSR count). The Balaban J connectivity index is 1.94. The lowest BCUT2D eigenvalue weighted by molar-refractivity contribution is 0.377. The van der Waals surface area contributed by atoms with Crippen molar-refractivity contribution in [3.8, 4) is 0 Å². The molecule has 0 unspecified atom stereocenters. The lowest BCUT2D eigenvalue weighted by Gasteiger charge is -2.32. The second-order valence-electron chi connectivity index (χ2n) is 4.54. The molecule has 88 valence electrons. The summed E-state index contributed by atoms with van der Waals surface area (Å²) < 4.78 is 0.931. The van der Waals surface area contributed by atoms with Gasteiger partial charge in [0.2, 0.25) is 0 Å². The molecule has 0 amide bonds. The molecule has 2 heterocycles. The van der Waals surface area contributed by atoms with Gasteiger partial charge in [0, 0.05) is 13.1 Å². The molecule has 0 aromatic carbocycles. The molecule has 1 aliphatic heterocycles. The highest BCUT2D eigenvalue weighted by Gasteiger charge is 2.19. The standard InChI is InChI=1S/C13H19BrN2/c1-2-4-11-7-9-16(10-8-11)13-6-3-5-12(14)15-13/h3,5-6,11H,2,4,7-10H2,1H3. The van der Waals surface area contributed by atoms with E-state index >= 15 is 0 Å². The minimum absolute atomic E-state index is 0.931. The van der Waals surface area contributed by atoms with Crippen LogP contribution in [0.25, 0.3) is 0 Å². The summed E-state index contributed by atoms with van der Waals surface area (Å²) in [5, 5.41) is 0. The highest BCUT2D eigenvalue weighted by atomic mass is 79.9. The fraction of sp³-hybridized carbons (Fsp3) is 0.615. The van der Waals surface area contributed by atoms with Crippen molar-refractivity contribution >= 4 is 21.7 Å². The fourth-order valence-electron chi connectivity index (χ4n) is 2.43. The smallest absolute Gasteiger partial charge is 0.129 e. The zero-order valence-corrected chi connectivity index (χ0v) is 11.4. The molecule has 16 heavy (non-hydrogen) atoms. The first-order valence-electron chi connectivity index (χ1n) is 6.17. The SMILES string of the molecule is CCCC1CCN(c2cccc(Br)n2)CC1. The summed E-state index contributed by atoms with van der Waals surface area (Å²) in [6.45, 7) is 4.60. The van der Waals surface area contributed by atoms with E-state index in [1.54, 1.807) is 0 Å². The van der Waals surface area contributed by atoms with Crippen molar-refractivity contribution in [2.75, 3.05) is 18.0 Å². The molecule has 0 saturated carbocycles. The second kappa shape index (κ2) is 5.67. The zero-order chi connectivity index (χ0) is 11.4. The van der Waals surface area contributed by atoms with E-state index in [9.17, 15) is 0 Å². The molecule has 0 aliphatic carbocycles. The van der Waals surface area contributed by atoms with E-state index in [2.05, 4.69) is 44.9 Å². The minimum atomic E-state index is 0.931. The molecule has 3 heteroatoms. The van der Waals surface area contributed by atoms with Crippen LogP contribution < -0.4 is 4.90 Å². The number of hydrogen-bond acceptors (Lipinski definition) is 2. The van der Waals surface area contributed by atoms with Gasteiger partial charge in [-0.05, 0) is 46.8 Å². The summed E-state index contributed by atoms with van der Waals surface area (Å²) in [7, 11) is 0. The van der Waals surface area contributed by atoms with Gasteiger partial charge in [-0.1, -0.05) is 25.8 Å². The van der Waals surface area contributed by atoms with E-state index in [0.29, 0.717) is 0 Å². The predicted octanol–water partition coefficient (Wildman–Crippen LogP) is 3.86. The van der Waals surface area contributed by atoms with Crippen molar-refractivity contribution in [1.82, 2.24) is 4.98 Å². The summed E-state index contributed by atoms with van der Waals surface area (Å²) in [6.07, 6.45) is 5.35. The molecule has 1 aromatic heterocycles. The number of aromatic nitrogens is 1. The van der Waals surface area contributed by atoms with Crippen LogP contribution in [-0.2, 0) is 0 Å². The molecule has 0 spiro atoms. The average Bonchev–Trinajstić information content (AvgIpc) is 2.30. The van der Waals surface area contributed by atoms with Gasteiger partial charge in [0.15, 0.2) is 0 Å². The summed E-state index contributed by atoms with van der Waals surface area (Å²) >= 11 is 3.43. The molecule has 2 nitrogen and oxygen atoms in total. The molecule has 0 atom stereocenters. The van der Waals surface area contributed by atoms with Crippen LogP contribution in [0, 0.1) is 5.92 Å². The van der Waals surface area contributed by atoms with Crippen LogP contribution in [0.3, 0.4) is 0 Å². The van der Waals surface area contributed by atoms with Gasteiger partial charge in [0.25, 0.3) is 0 Å². The Morgan fingerprint density at radius 3 is 2.75 bits per heavy atom. The van der Waals surface area contributed by atoms with E-state index in [1.165, 1.54) is 25.7 Å². The normalized spacial score (nSPS) is 17.8. The van der Waals surface area contributed by atoms with Gasteiger partial charge >= 0.3 is 0 Å². The molecular formula is C13H19BrN2. The van der Waals surface area contributed by atoms with E-state index in [4.69, 9.17) is 0 Å². The van der Waals surface area contributed by atoms with Gasteiger partial charge in [0.1, 0.15) is 10.4 Å². The van der Waals surface area contributed by atoms with Gasteiger partial charge in [-0.3, -0.25) is 0 Å². The highest BCUT2D eigenvalue weighted by molar-refractivity contribution is 9.10. The van der Waals surface area contributed by atoms with Gasteiger partial charge in [-0.25, -0.2) is 4.98 Å². The summed E-state index contributed by atoms with van der Waals surface area (Å²) in [5.74, 6) is 2.05. The quantitative estimate of drug-likeness (QED) is 0.783. The number of anilines is 1. The number of hydrogen-bond donors (Lipinski definition) is 0. The van der Waals surface area contributed by atoms with E-state index in [1.807, 2.05) is 6.07 Å². The molecular weight excluding hydrogens is 264 g/mol. The Morgan fingerprint density at radius 2 is 2.12 bits per heavy atom. The maximum Gasteiger partial charge on any atom is 0.129 e. The van der Waals surface area contributed by atoms with Crippen LogP contribution in [-0.4, -0.2) is 18.1 Å². The largest absolute Gasteiger partial charge is 0.357 e. The molecule has 1 saturated heterocycles. The Hall–Kier alpha value is -0.570. The summed E-state index contributed by atoms with van der Waals surface area (Å²) in [6, 6.07) is 6.14. The van der Waals surface area contributed by atoms with Crippen LogP contribution in [0.15, 0.2) is 22.8 Å². The van der Waals surface area contributed by atoms with E-state index in [0.717, 1.165) is 29.4 Å². The van der Waals surface area contributed by atoms with Gasteiger partial charge in [-0.2, -0.15) is 0 Å². The Bertz CT molecular complexity index is 332. The third-order valence-electron chi connectivity index (χ3n) is 3.34. The first-order valence-corrected chi connectivity index (χ1v) is 6.96.